The van der Waals surface area contributed by atoms with Gasteiger partial charge in [0.25, 0.3) is 5.92 Å². The van der Waals surface area contributed by atoms with E-state index >= 15 is 0 Å². The van der Waals surface area contributed by atoms with Crippen molar-refractivity contribution < 1.29 is 38.8 Å². The summed E-state index contributed by atoms with van der Waals surface area (Å²) in [4.78, 5) is 17.6. The minimum Gasteiger partial charge on any atom is -0.512 e. The molecule has 1 aliphatic carbocycles. The van der Waals surface area contributed by atoms with Crippen molar-refractivity contribution in [2.45, 2.75) is 99.3 Å². The zero-order chi connectivity index (χ0) is 32.9. The quantitative estimate of drug-likeness (QED) is 0.104. The van der Waals surface area contributed by atoms with Gasteiger partial charge < -0.3 is 10.1 Å². The van der Waals surface area contributed by atoms with Crippen LogP contribution in [0.15, 0.2) is 54.4 Å². The van der Waals surface area contributed by atoms with Crippen LogP contribution >= 0.6 is 11.3 Å². The number of hydrogen-bond acceptors (Lipinski definition) is 4. The average molecular weight is 823 g/mol. The van der Waals surface area contributed by atoms with E-state index in [9.17, 15) is 18.7 Å². The molecule has 0 atom stereocenters. The Morgan fingerprint density at radius 2 is 1.67 bits per heavy atom. The first-order valence-corrected chi connectivity index (χ1v) is 17.1. The first kappa shape index (κ1) is 37.7. The van der Waals surface area contributed by atoms with Crippen molar-refractivity contribution in [3.8, 4) is 21.7 Å². The van der Waals surface area contributed by atoms with Gasteiger partial charge in [0.15, 0.2) is 5.78 Å². The number of carbonyl (C=O) groups excluding carboxylic acids is 1. The summed E-state index contributed by atoms with van der Waals surface area (Å²) < 4.78 is 28.7. The number of benzene rings is 2. The van der Waals surface area contributed by atoms with Crippen LogP contribution in [0, 0.1) is 38.7 Å². The Morgan fingerprint density at radius 3 is 2.30 bits per heavy atom. The van der Waals surface area contributed by atoms with Crippen molar-refractivity contribution >= 4 is 27.2 Å². The van der Waals surface area contributed by atoms with Crippen LogP contribution in [0.3, 0.4) is 0 Å². The summed E-state index contributed by atoms with van der Waals surface area (Å²) in [7, 11) is 0. The number of halogens is 2. The van der Waals surface area contributed by atoms with Gasteiger partial charge in [0.2, 0.25) is 0 Å². The van der Waals surface area contributed by atoms with Gasteiger partial charge in [-0.2, -0.15) is 0 Å². The number of aromatic nitrogens is 1. The molecule has 4 aromatic rings. The summed E-state index contributed by atoms with van der Waals surface area (Å²) in [6, 6.07) is 15.7. The maximum absolute atomic E-state index is 13.8. The molecule has 0 fully saturated rings. The van der Waals surface area contributed by atoms with E-state index in [2.05, 4.69) is 56.1 Å². The molecule has 249 valence electrons. The van der Waals surface area contributed by atoms with Crippen LogP contribution in [0.1, 0.15) is 87.6 Å². The van der Waals surface area contributed by atoms with E-state index in [4.69, 9.17) is 0 Å². The van der Waals surface area contributed by atoms with Crippen LogP contribution in [0.4, 0.5) is 8.78 Å². The Bertz CT molecular complexity index is 1660. The molecule has 3 nitrogen and oxygen atoms in total. The Hall–Kier alpha value is -2.73. The molecule has 5 rings (SSSR count). The number of fused-ring (bicyclic) bond motifs is 2. The molecule has 2 aromatic heterocycles. The minimum atomic E-state index is -2.58. The molecule has 0 amide bonds. The fourth-order valence-electron chi connectivity index (χ4n) is 6.27. The van der Waals surface area contributed by atoms with Crippen molar-refractivity contribution in [2.24, 2.45) is 11.8 Å². The molecule has 0 bridgehead atoms. The number of carbonyl (C=O) groups is 1. The van der Waals surface area contributed by atoms with E-state index in [-0.39, 0.29) is 56.3 Å². The zero-order valence-electron chi connectivity index (χ0n) is 28.0. The van der Waals surface area contributed by atoms with Crippen LogP contribution in [-0.2, 0) is 37.7 Å². The second-order valence-electron chi connectivity index (χ2n) is 12.4. The fourth-order valence-corrected chi connectivity index (χ4v) is 7.58. The molecule has 0 saturated carbocycles. The van der Waals surface area contributed by atoms with Crippen LogP contribution in [-0.4, -0.2) is 21.8 Å². The minimum absolute atomic E-state index is 0. The molecule has 1 radical (unpaired) electrons. The molecule has 0 aliphatic heterocycles. The summed E-state index contributed by atoms with van der Waals surface area (Å²) in [5.74, 6) is -2.03. The normalized spacial score (nSPS) is 14.1. The fraction of sp³-hybridized carbons (Fsp3) is 0.436. The molecule has 2 heterocycles. The van der Waals surface area contributed by atoms with E-state index in [0.29, 0.717) is 6.42 Å². The van der Waals surface area contributed by atoms with Crippen LogP contribution in [0.2, 0.25) is 0 Å². The van der Waals surface area contributed by atoms with E-state index in [0.717, 1.165) is 63.9 Å². The van der Waals surface area contributed by atoms with E-state index in [1.807, 2.05) is 46.0 Å². The van der Waals surface area contributed by atoms with E-state index in [1.165, 1.54) is 27.5 Å². The first-order chi connectivity index (χ1) is 21.4. The van der Waals surface area contributed by atoms with Crippen molar-refractivity contribution in [3.05, 3.63) is 88.3 Å². The number of ketones is 1. The Morgan fingerprint density at radius 1 is 1.00 bits per heavy atom. The van der Waals surface area contributed by atoms with Gasteiger partial charge in [-0.1, -0.05) is 59.7 Å². The third-order valence-electron chi connectivity index (χ3n) is 9.02. The SMILES string of the molecule is CCC(CC)C(=O)/C=C(\O)C(CC)CC.Cc1[c-]c(-c2nccc3c(C)c(-c4ccc5c(c4)CCC(F)(F)C5)sc23)cc(C)c1.[Ir]. The Labute approximate surface area is 290 Å². The van der Waals surface area contributed by atoms with Gasteiger partial charge in [-0.25, -0.2) is 8.78 Å². The molecule has 1 N–H and O–H groups in total. The van der Waals surface area contributed by atoms with Gasteiger partial charge in [-0.3, -0.25) is 4.79 Å². The second-order valence-corrected chi connectivity index (χ2v) is 13.4. The number of alkyl halides is 2. The predicted octanol–water partition coefficient (Wildman–Crippen LogP) is 11.3. The maximum Gasteiger partial charge on any atom is 0.252 e. The number of aliphatic hydroxyl groups is 1. The van der Waals surface area contributed by atoms with Gasteiger partial charge >= 0.3 is 0 Å². The van der Waals surface area contributed by atoms with Crippen LogP contribution in [0.25, 0.3) is 31.8 Å². The van der Waals surface area contributed by atoms with Gasteiger partial charge in [0.05, 0.1) is 5.76 Å². The topological polar surface area (TPSA) is 50.2 Å². The number of hydrogen-bond donors (Lipinski definition) is 1. The number of aryl methyl sites for hydroxylation is 4. The summed E-state index contributed by atoms with van der Waals surface area (Å²) in [5.41, 5.74) is 8.41. The number of allylic oxidation sites excluding steroid dienone is 2. The molecular formula is C39H46F2IrNO2S-. The summed E-state index contributed by atoms with van der Waals surface area (Å²) in [6.07, 6.45) is 6.99. The number of pyridine rings is 1. The molecule has 2 aromatic carbocycles. The zero-order valence-corrected chi connectivity index (χ0v) is 31.2. The maximum atomic E-state index is 13.8. The molecule has 0 unspecified atom stereocenters. The van der Waals surface area contributed by atoms with E-state index in [1.54, 1.807) is 11.3 Å². The largest absolute Gasteiger partial charge is 0.512 e. The van der Waals surface area contributed by atoms with Crippen LogP contribution in [0.5, 0.6) is 0 Å². The van der Waals surface area contributed by atoms with Crippen molar-refractivity contribution in [2.75, 3.05) is 0 Å². The van der Waals surface area contributed by atoms with Gasteiger partial charge in [0, 0.05) is 72.3 Å². The average Bonchev–Trinajstić information content (AvgIpc) is 3.34. The smallest absolute Gasteiger partial charge is 0.252 e. The predicted molar refractivity (Wildman–Crippen MR) is 184 cm³/mol. The number of rotatable bonds is 9. The van der Waals surface area contributed by atoms with E-state index < -0.39 is 5.92 Å². The van der Waals surface area contributed by atoms with Crippen molar-refractivity contribution in [3.63, 3.8) is 0 Å². The third kappa shape index (κ3) is 8.79. The monoisotopic (exact) mass is 823 g/mol. The molecule has 7 heteroatoms. The second kappa shape index (κ2) is 16.4. The van der Waals surface area contributed by atoms with Gasteiger partial charge in [0.1, 0.15) is 0 Å². The summed E-state index contributed by atoms with van der Waals surface area (Å²) >= 11 is 1.73. The Balaban J connectivity index is 0.000000309. The molecule has 0 saturated heterocycles. The first-order valence-electron chi connectivity index (χ1n) is 16.2. The molecule has 1 aliphatic rings. The summed E-state index contributed by atoms with van der Waals surface area (Å²) in [5, 5.41) is 11.0. The number of thiophene rings is 1. The number of nitrogens with zero attached hydrogens (tertiary/aromatic N) is 1. The Kier molecular flexibility index (Phi) is 13.4. The number of aliphatic hydroxyl groups excluding tert-OH is 1. The standard InChI is InChI=1S/C26H22F2NS.C13H24O2.Ir/c1-15-10-16(2)12-21(11-15)23-25-22(7-9-29-23)17(3)24(30-25)19-4-5-20-14-26(27,28)8-6-18(20)13-19;1-5-10(6-2)12(14)9-13(15)11(7-3)8-4;/h4-5,7,9-11,13H,6,8,14H2,1-3H3;9-11,14H,5-8H2,1-4H3;/q-1;;/b;12-9-;. The van der Waals surface area contributed by atoms with Gasteiger partial charge in [-0.15, -0.1) is 46.2 Å². The summed E-state index contributed by atoms with van der Waals surface area (Å²) in [6.45, 7) is 14.4. The molecule has 46 heavy (non-hydrogen) atoms. The molecule has 0 spiro atoms. The van der Waals surface area contributed by atoms with Gasteiger partial charge in [-0.05, 0) is 72.7 Å². The molecular weight excluding hydrogens is 777 g/mol. The van der Waals surface area contributed by atoms with Crippen molar-refractivity contribution in [1.82, 2.24) is 4.98 Å². The van der Waals surface area contributed by atoms with Crippen LogP contribution < -0.4 is 0 Å². The third-order valence-corrected chi connectivity index (χ3v) is 10.4. The van der Waals surface area contributed by atoms with Crippen molar-refractivity contribution in [1.29, 1.82) is 0 Å².